The first kappa shape index (κ1) is 12.7. The van der Waals surface area contributed by atoms with Crippen molar-refractivity contribution in [2.75, 3.05) is 5.32 Å². The summed E-state index contributed by atoms with van der Waals surface area (Å²) in [6, 6.07) is 6.19. The van der Waals surface area contributed by atoms with E-state index >= 15 is 0 Å². The Labute approximate surface area is 121 Å². The molecule has 1 aliphatic rings. The maximum Gasteiger partial charge on any atom is 0.152 e. The van der Waals surface area contributed by atoms with Crippen LogP contribution in [0.15, 0.2) is 22.7 Å². The van der Waals surface area contributed by atoms with Crippen LogP contribution in [0.5, 0.6) is 0 Å². The van der Waals surface area contributed by atoms with E-state index < -0.39 is 0 Å². The lowest BCUT2D eigenvalue weighted by Gasteiger charge is -2.16. The van der Waals surface area contributed by atoms with Gasteiger partial charge < -0.3 is 9.88 Å². The number of aromatic nitrogens is 3. The van der Waals surface area contributed by atoms with E-state index in [9.17, 15) is 0 Å². The molecule has 0 saturated heterocycles. The van der Waals surface area contributed by atoms with Crippen LogP contribution in [0, 0.1) is 6.92 Å². The van der Waals surface area contributed by atoms with Gasteiger partial charge in [0.2, 0.25) is 0 Å². The maximum absolute atomic E-state index is 4.30. The molecular formula is C14H17BrN4. The van der Waals surface area contributed by atoms with Crippen LogP contribution in [0.4, 0.5) is 5.69 Å². The van der Waals surface area contributed by atoms with Crippen molar-refractivity contribution in [3.8, 4) is 0 Å². The van der Waals surface area contributed by atoms with Crippen molar-refractivity contribution in [2.24, 2.45) is 0 Å². The second-order valence-electron chi connectivity index (χ2n) is 4.91. The van der Waals surface area contributed by atoms with Gasteiger partial charge in [0.25, 0.3) is 0 Å². The van der Waals surface area contributed by atoms with E-state index in [4.69, 9.17) is 0 Å². The summed E-state index contributed by atoms with van der Waals surface area (Å²) in [7, 11) is 0. The quantitative estimate of drug-likeness (QED) is 0.943. The van der Waals surface area contributed by atoms with Gasteiger partial charge >= 0.3 is 0 Å². The Morgan fingerprint density at radius 1 is 1.32 bits per heavy atom. The highest BCUT2D eigenvalue weighted by Crippen LogP contribution is 2.24. The number of nitrogens with one attached hydrogen (secondary N) is 1. The monoisotopic (exact) mass is 320 g/mol. The van der Waals surface area contributed by atoms with Gasteiger partial charge in [-0.15, -0.1) is 10.2 Å². The Bertz CT molecular complexity index is 591. The first-order chi connectivity index (χ1) is 9.25. The first-order valence-electron chi connectivity index (χ1n) is 6.65. The molecule has 1 aliphatic heterocycles. The normalized spacial score (nSPS) is 14.2. The van der Waals surface area contributed by atoms with Crippen molar-refractivity contribution < 1.29 is 0 Å². The summed E-state index contributed by atoms with van der Waals surface area (Å²) >= 11 is 3.55. The van der Waals surface area contributed by atoms with E-state index in [0.29, 0.717) is 0 Å². The average molecular weight is 321 g/mol. The molecule has 2 aromatic rings. The second kappa shape index (κ2) is 5.33. The highest BCUT2D eigenvalue weighted by atomic mass is 79.9. The zero-order valence-corrected chi connectivity index (χ0v) is 12.6. The summed E-state index contributed by atoms with van der Waals surface area (Å²) < 4.78 is 3.38. The van der Waals surface area contributed by atoms with Crippen LogP contribution < -0.4 is 5.32 Å². The summed E-state index contributed by atoms with van der Waals surface area (Å²) in [6.45, 7) is 3.88. The van der Waals surface area contributed by atoms with Crippen LogP contribution in [-0.2, 0) is 19.5 Å². The Balaban J connectivity index is 1.76. The molecule has 0 radical (unpaired) electrons. The summed E-state index contributed by atoms with van der Waals surface area (Å²) in [4.78, 5) is 0. The molecule has 19 heavy (non-hydrogen) atoms. The molecule has 3 rings (SSSR count). The third kappa shape index (κ3) is 2.52. The van der Waals surface area contributed by atoms with E-state index in [1.54, 1.807) is 0 Å². The van der Waals surface area contributed by atoms with Crippen molar-refractivity contribution in [2.45, 2.75) is 39.3 Å². The fraction of sp³-hybridized carbons (Fsp3) is 0.429. The predicted molar refractivity (Wildman–Crippen MR) is 79.2 cm³/mol. The van der Waals surface area contributed by atoms with Crippen LogP contribution >= 0.6 is 15.9 Å². The number of aryl methyl sites for hydroxylation is 1. The standard InChI is InChI=1S/C14H17BrN4/c1-10-11(15)5-4-6-12(10)16-9-14-18-17-13-7-2-3-8-19(13)14/h4-6,16H,2-3,7-9H2,1H3. The van der Waals surface area contributed by atoms with Crippen LogP contribution in [0.25, 0.3) is 0 Å². The molecule has 1 aromatic carbocycles. The third-order valence-corrected chi connectivity index (χ3v) is 4.50. The zero-order valence-electron chi connectivity index (χ0n) is 11.0. The van der Waals surface area contributed by atoms with Crippen molar-refractivity contribution >= 4 is 21.6 Å². The van der Waals surface area contributed by atoms with E-state index in [0.717, 1.165) is 41.3 Å². The lowest BCUT2D eigenvalue weighted by molar-refractivity contribution is 0.510. The van der Waals surface area contributed by atoms with Crippen molar-refractivity contribution in [1.29, 1.82) is 0 Å². The number of anilines is 1. The van der Waals surface area contributed by atoms with Gasteiger partial charge in [-0.05, 0) is 37.5 Å². The predicted octanol–water partition coefficient (Wildman–Crippen LogP) is 3.30. The van der Waals surface area contributed by atoms with Crippen LogP contribution in [0.2, 0.25) is 0 Å². The summed E-state index contributed by atoms with van der Waals surface area (Å²) in [6.07, 6.45) is 3.52. The molecule has 0 atom stereocenters. The minimum atomic E-state index is 0.726. The van der Waals surface area contributed by atoms with Gasteiger partial charge in [-0.3, -0.25) is 0 Å². The molecular weight excluding hydrogens is 304 g/mol. The summed E-state index contributed by atoms with van der Waals surface area (Å²) in [5, 5.41) is 12.0. The summed E-state index contributed by atoms with van der Waals surface area (Å²) in [5.74, 6) is 2.17. The van der Waals surface area contributed by atoms with E-state index in [1.807, 2.05) is 6.07 Å². The van der Waals surface area contributed by atoms with Gasteiger partial charge in [0.05, 0.1) is 6.54 Å². The molecule has 0 saturated carbocycles. The Hall–Kier alpha value is -1.36. The number of rotatable bonds is 3. The molecule has 1 aromatic heterocycles. The minimum absolute atomic E-state index is 0.726. The number of nitrogens with zero attached hydrogens (tertiary/aromatic N) is 3. The molecule has 0 unspecified atom stereocenters. The lowest BCUT2D eigenvalue weighted by atomic mass is 10.1. The van der Waals surface area contributed by atoms with Crippen LogP contribution in [0.1, 0.15) is 30.1 Å². The lowest BCUT2D eigenvalue weighted by Crippen LogP contribution is -2.15. The molecule has 5 heteroatoms. The largest absolute Gasteiger partial charge is 0.377 e. The highest BCUT2D eigenvalue weighted by Gasteiger charge is 2.15. The number of benzene rings is 1. The molecule has 100 valence electrons. The average Bonchev–Trinajstić information content (AvgIpc) is 2.84. The van der Waals surface area contributed by atoms with Crippen molar-refractivity contribution in [1.82, 2.24) is 14.8 Å². The molecule has 1 N–H and O–H groups in total. The number of hydrogen-bond acceptors (Lipinski definition) is 3. The molecule has 4 nitrogen and oxygen atoms in total. The fourth-order valence-electron chi connectivity index (χ4n) is 2.47. The smallest absolute Gasteiger partial charge is 0.152 e. The molecule has 0 bridgehead atoms. The zero-order chi connectivity index (χ0) is 13.2. The molecule has 0 spiro atoms. The van der Waals surface area contributed by atoms with Gasteiger partial charge in [-0.2, -0.15) is 0 Å². The Morgan fingerprint density at radius 2 is 2.21 bits per heavy atom. The molecule has 0 fully saturated rings. The van der Waals surface area contributed by atoms with E-state index in [1.165, 1.54) is 18.4 Å². The summed E-state index contributed by atoms with van der Waals surface area (Å²) in [5.41, 5.74) is 2.36. The van der Waals surface area contributed by atoms with Gasteiger partial charge in [0, 0.05) is 23.1 Å². The van der Waals surface area contributed by atoms with Gasteiger partial charge in [-0.25, -0.2) is 0 Å². The van der Waals surface area contributed by atoms with Crippen LogP contribution in [0.3, 0.4) is 0 Å². The van der Waals surface area contributed by atoms with Crippen LogP contribution in [-0.4, -0.2) is 14.8 Å². The number of hydrogen-bond donors (Lipinski definition) is 1. The highest BCUT2D eigenvalue weighted by molar-refractivity contribution is 9.10. The number of halogens is 1. The van der Waals surface area contributed by atoms with Gasteiger partial charge in [0.15, 0.2) is 5.82 Å². The SMILES string of the molecule is Cc1c(Br)cccc1NCc1nnc2n1CCCC2. The number of fused-ring (bicyclic) bond motifs is 1. The third-order valence-electron chi connectivity index (χ3n) is 3.64. The minimum Gasteiger partial charge on any atom is -0.377 e. The Morgan fingerprint density at radius 3 is 3.11 bits per heavy atom. The second-order valence-corrected chi connectivity index (χ2v) is 5.76. The Kier molecular flexibility index (Phi) is 3.55. The van der Waals surface area contributed by atoms with Gasteiger partial charge in [-0.1, -0.05) is 22.0 Å². The topological polar surface area (TPSA) is 42.7 Å². The fourth-order valence-corrected chi connectivity index (χ4v) is 2.84. The molecule has 0 amide bonds. The van der Waals surface area contributed by atoms with E-state index in [2.05, 4.69) is 55.1 Å². The molecule has 2 heterocycles. The first-order valence-corrected chi connectivity index (χ1v) is 7.45. The van der Waals surface area contributed by atoms with Crippen molar-refractivity contribution in [3.63, 3.8) is 0 Å². The maximum atomic E-state index is 4.30. The van der Waals surface area contributed by atoms with Crippen molar-refractivity contribution in [3.05, 3.63) is 39.9 Å². The van der Waals surface area contributed by atoms with Gasteiger partial charge in [0.1, 0.15) is 5.82 Å². The molecule has 0 aliphatic carbocycles. The van der Waals surface area contributed by atoms with E-state index in [-0.39, 0.29) is 0 Å².